The number of hydrogen-bond donors (Lipinski definition) is 0. The van der Waals surface area contributed by atoms with Crippen molar-refractivity contribution in [3.05, 3.63) is 65.7 Å². The van der Waals surface area contributed by atoms with Crippen molar-refractivity contribution < 1.29 is 4.74 Å². The highest BCUT2D eigenvalue weighted by molar-refractivity contribution is 5.38. The normalized spacial score (nSPS) is 9.44. The zero-order valence-corrected chi connectivity index (χ0v) is 8.89. The molecule has 2 rings (SSSR count). The highest BCUT2D eigenvalue weighted by atomic mass is 16.5. The molecule has 2 aromatic rings. The highest BCUT2D eigenvalue weighted by Crippen LogP contribution is 2.14. The Morgan fingerprint density at radius 3 is 2.56 bits per heavy atom. The van der Waals surface area contributed by atoms with Crippen LogP contribution in [0.15, 0.2) is 54.6 Å². The van der Waals surface area contributed by atoms with E-state index in [1.807, 2.05) is 54.6 Å². The van der Waals surface area contributed by atoms with Crippen LogP contribution in [-0.2, 0) is 6.61 Å². The first-order valence-corrected chi connectivity index (χ1v) is 5.12. The first-order valence-electron chi connectivity index (χ1n) is 5.12. The summed E-state index contributed by atoms with van der Waals surface area (Å²) < 4.78 is 5.64. The van der Waals surface area contributed by atoms with Crippen molar-refractivity contribution in [3.63, 3.8) is 0 Å². The first kappa shape index (κ1) is 10.3. The van der Waals surface area contributed by atoms with Gasteiger partial charge in [-0.2, -0.15) is 0 Å². The summed E-state index contributed by atoms with van der Waals surface area (Å²) in [4.78, 5) is 0. The first-order chi connectivity index (χ1) is 7.88. The predicted molar refractivity (Wildman–Crippen MR) is 65.2 cm³/mol. The number of hydrogen-bond acceptors (Lipinski definition) is 1. The Bertz CT molecular complexity index is 494. The summed E-state index contributed by atoms with van der Waals surface area (Å²) in [5, 5.41) is 0. The van der Waals surface area contributed by atoms with Gasteiger partial charge in [-0.1, -0.05) is 42.3 Å². The van der Waals surface area contributed by atoms with E-state index >= 15 is 0 Å². The largest absolute Gasteiger partial charge is 0.489 e. The zero-order chi connectivity index (χ0) is 11.2. The molecule has 0 spiro atoms. The molecule has 2 aromatic carbocycles. The van der Waals surface area contributed by atoms with Crippen LogP contribution >= 0.6 is 0 Å². The van der Waals surface area contributed by atoms with Gasteiger partial charge in [-0.25, -0.2) is 0 Å². The van der Waals surface area contributed by atoms with Gasteiger partial charge in [-0.15, -0.1) is 6.42 Å². The lowest BCUT2D eigenvalue weighted by Crippen LogP contribution is -1.94. The van der Waals surface area contributed by atoms with Crippen LogP contribution in [0.4, 0.5) is 0 Å². The third-order valence-electron chi connectivity index (χ3n) is 2.25. The van der Waals surface area contributed by atoms with E-state index in [9.17, 15) is 0 Å². The Hall–Kier alpha value is -2.20. The van der Waals surface area contributed by atoms with E-state index in [-0.39, 0.29) is 0 Å². The van der Waals surface area contributed by atoms with Gasteiger partial charge < -0.3 is 4.74 Å². The molecule has 0 aliphatic heterocycles. The van der Waals surface area contributed by atoms with Crippen LogP contribution in [0.3, 0.4) is 0 Å². The lowest BCUT2D eigenvalue weighted by atomic mass is 10.2. The topological polar surface area (TPSA) is 9.23 Å². The highest BCUT2D eigenvalue weighted by Gasteiger charge is 1.95. The Morgan fingerprint density at radius 2 is 1.81 bits per heavy atom. The number of benzene rings is 2. The van der Waals surface area contributed by atoms with Gasteiger partial charge in [-0.05, 0) is 23.8 Å². The SMILES string of the molecule is C#Cc1cccc(OCc2ccccc2)c1. The molecule has 0 saturated heterocycles. The van der Waals surface area contributed by atoms with Gasteiger partial charge >= 0.3 is 0 Å². The second-order valence-corrected chi connectivity index (χ2v) is 3.45. The molecule has 1 heteroatoms. The van der Waals surface area contributed by atoms with Crippen LogP contribution in [0, 0.1) is 12.3 Å². The van der Waals surface area contributed by atoms with E-state index in [2.05, 4.69) is 5.92 Å². The van der Waals surface area contributed by atoms with Crippen molar-refractivity contribution in [1.29, 1.82) is 0 Å². The number of rotatable bonds is 3. The van der Waals surface area contributed by atoms with Gasteiger partial charge in [0.25, 0.3) is 0 Å². The van der Waals surface area contributed by atoms with E-state index < -0.39 is 0 Å². The van der Waals surface area contributed by atoms with Gasteiger partial charge in [0.1, 0.15) is 12.4 Å². The number of terminal acetylenes is 1. The minimum Gasteiger partial charge on any atom is -0.489 e. The molecule has 78 valence electrons. The van der Waals surface area contributed by atoms with Crippen LogP contribution < -0.4 is 4.74 Å². The minimum absolute atomic E-state index is 0.564. The Labute approximate surface area is 95.7 Å². The number of ether oxygens (including phenoxy) is 1. The molecule has 0 saturated carbocycles. The fourth-order valence-corrected chi connectivity index (χ4v) is 1.42. The summed E-state index contributed by atoms with van der Waals surface area (Å²) in [7, 11) is 0. The molecule has 0 aliphatic carbocycles. The summed E-state index contributed by atoms with van der Waals surface area (Å²) in [6.45, 7) is 0.564. The molecule has 0 radical (unpaired) electrons. The van der Waals surface area contributed by atoms with E-state index in [4.69, 9.17) is 11.2 Å². The fraction of sp³-hybridized carbons (Fsp3) is 0.0667. The summed E-state index contributed by atoms with van der Waals surface area (Å²) in [6.07, 6.45) is 5.32. The molecule has 0 N–H and O–H groups in total. The second-order valence-electron chi connectivity index (χ2n) is 3.45. The molecule has 0 unspecified atom stereocenters. The van der Waals surface area contributed by atoms with Gasteiger partial charge in [0, 0.05) is 5.56 Å². The summed E-state index contributed by atoms with van der Waals surface area (Å²) in [5.74, 6) is 3.39. The molecule has 0 bridgehead atoms. The van der Waals surface area contributed by atoms with Crippen molar-refractivity contribution in [2.24, 2.45) is 0 Å². The molecule has 1 nitrogen and oxygen atoms in total. The Balaban J connectivity index is 2.03. The summed E-state index contributed by atoms with van der Waals surface area (Å²) in [5.41, 5.74) is 1.99. The maximum Gasteiger partial charge on any atom is 0.121 e. The summed E-state index contributed by atoms with van der Waals surface area (Å²) >= 11 is 0. The third kappa shape index (κ3) is 2.65. The summed E-state index contributed by atoms with van der Waals surface area (Å²) in [6, 6.07) is 17.6. The maximum atomic E-state index is 5.64. The fourth-order valence-electron chi connectivity index (χ4n) is 1.42. The molecule has 0 atom stereocenters. The molecule has 0 heterocycles. The van der Waals surface area contributed by atoms with Crippen molar-refractivity contribution in [1.82, 2.24) is 0 Å². The standard InChI is InChI=1S/C15H12O/c1-2-13-9-6-10-15(11-13)16-12-14-7-4-3-5-8-14/h1,3-11H,12H2. The molecule has 0 aliphatic rings. The van der Waals surface area contributed by atoms with Crippen molar-refractivity contribution in [2.75, 3.05) is 0 Å². The van der Waals surface area contributed by atoms with Gasteiger partial charge in [0.05, 0.1) is 0 Å². The molecule has 0 fully saturated rings. The molecule has 0 aromatic heterocycles. The van der Waals surface area contributed by atoms with Crippen LogP contribution in [-0.4, -0.2) is 0 Å². The molecule has 0 amide bonds. The van der Waals surface area contributed by atoms with Crippen molar-refractivity contribution in [3.8, 4) is 18.1 Å². The zero-order valence-electron chi connectivity index (χ0n) is 8.89. The van der Waals surface area contributed by atoms with Gasteiger partial charge in [0.2, 0.25) is 0 Å². The Morgan fingerprint density at radius 1 is 1.00 bits per heavy atom. The Kier molecular flexibility index (Phi) is 3.25. The minimum atomic E-state index is 0.564. The molecule has 16 heavy (non-hydrogen) atoms. The molecular formula is C15H12O. The van der Waals surface area contributed by atoms with Gasteiger partial charge in [-0.3, -0.25) is 0 Å². The van der Waals surface area contributed by atoms with Crippen molar-refractivity contribution >= 4 is 0 Å². The smallest absolute Gasteiger partial charge is 0.121 e. The van der Waals surface area contributed by atoms with Crippen LogP contribution in [0.2, 0.25) is 0 Å². The van der Waals surface area contributed by atoms with Crippen LogP contribution in [0.5, 0.6) is 5.75 Å². The monoisotopic (exact) mass is 208 g/mol. The average molecular weight is 208 g/mol. The average Bonchev–Trinajstić information content (AvgIpc) is 2.38. The van der Waals surface area contributed by atoms with Crippen molar-refractivity contribution in [2.45, 2.75) is 6.61 Å². The molecular weight excluding hydrogens is 196 g/mol. The second kappa shape index (κ2) is 5.04. The lowest BCUT2D eigenvalue weighted by Gasteiger charge is -2.06. The third-order valence-corrected chi connectivity index (χ3v) is 2.25. The van der Waals surface area contributed by atoms with E-state index in [1.165, 1.54) is 0 Å². The predicted octanol–water partition coefficient (Wildman–Crippen LogP) is 3.25. The quantitative estimate of drug-likeness (QED) is 0.703. The maximum absolute atomic E-state index is 5.64. The van der Waals surface area contributed by atoms with E-state index in [0.29, 0.717) is 6.61 Å². The lowest BCUT2D eigenvalue weighted by molar-refractivity contribution is 0.306. The van der Waals surface area contributed by atoms with Crippen LogP contribution in [0.1, 0.15) is 11.1 Å². The van der Waals surface area contributed by atoms with Crippen LogP contribution in [0.25, 0.3) is 0 Å². The van der Waals surface area contributed by atoms with E-state index in [1.54, 1.807) is 0 Å². The van der Waals surface area contributed by atoms with Gasteiger partial charge in [0.15, 0.2) is 0 Å². The van der Waals surface area contributed by atoms with E-state index in [0.717, 1.165) is 16.9 Å².